The first kappa shape index (κ1) is 21.2. The Morgan fingerprint density at radius 3 is 2.52 bits per heavy atom. The summed E-state index contributed by atoms with van der Waals surface area (Å²) in [6.45, 7) is 10.5. The summed E-state index contributed by atoms with van der Waals surface area (Å²) in [5.41, 5.74) is 7.93. The lowest BCUT2D eigenvalue weighted by atomic mass is 10.1. The molecule has 0 bridgehead atoms. The molecule has 1 atom stereocenters. The van der Waals surface area contributed by atoms with E-state index in [1.165, 1.54) is 31.5 Å². The molecule has 0 saturated carbocycles. The lowest BCUT2D eigenvalue weighted by molar-refractivity contribution is 0.629. The molecule has 1 aromatic carbocycles. The SMILES string of the molecule is CC(C)N1c2cc(-c3nc(N)ncc3Cl)cc(F)c2NC1C.CCCCC. The van der Waals surface area contributed by atoms with Crippen LogP contribution in [-0.4, -0.2) is 22.2 Å². The molecule has 1 aromatic heterocycles. The van der Waals surface area contributed by atoms with E-state index < -0.39 is 0 Å². The highest BCUT2D eigenvalue weighted by Crippen LogP contribution is 2.41. The Bertz CT molecular complexity index is 779. The number of rotatable bonds is 4. The first-order valence-corrected chi connectivity index (χ1v) is 9.84. The number of halogens is 2. The van der Waals surface area contributed by atoms with Crippen LogP contribution in [0.5, 0.6) is 0 Å². The quantitative estimate of drug-likeness (QED) is 0.697. The van der Waals surface area contributed by atoms with Crippen molar-refractivity contribution in [3.8, 4) is 11.3 Å². The maximum absolute atomic E-state index is 14.5. The number of nitrogens with one attached hydrogen (secondary N) is 1. The number of anilines is 3. The van der Waals surface area contributed by atoms with Crippen LogP contribution in [0.4, 0.5) is 21.7 Å². The van der Waals surface area contributed by atoms with Crippen molar-refractivity contribution in [2.45, 2.75) is 66.1 Å². The van der Waals surface area contributed by atoms with Gasteiger partial charge in [-0.25, -0.2) is 14.4 Å². The van der Waals surface area contributed by atoms with Gasteiger partial charge in [-0.1, -0.05) is 44.7 Å². The number of unbranched alkanes of at least 4 members (excludes halogenated alkanes) is 2. The zero-order valence-corrected chi connectivity index (χ0v) is 17.4. The highest BCUT2D eigenvalue weighted by molar-refractivity contribution is 6.32. The molecule has 0 fully saturated rings. The molecule has 3 rings (SSSR count). The van der Waals surface area contributed by atoms with Crippen molar-refractivity contribution in [1.29, 1.82) is 0 Å². The van der Waals surface area contributed by atoms with E-state index in [1.807, 2.05) is 13.0 Å². The van der Waals surface area contributed by atoms with Gasteiger partial charge in [0.2, 0.25) is 5.95 Å². The summed E-state index contributed by atoms with van der Waals surface area (Å²) in [6.07, 6.45) is 5.52. The highest BCUT2D eigenvalue weighted by Gasteiger charge is 2.30. The molecule has 0 spiro atoms. The lowest BCUT2D eigenvalue weighted by Gasteiger charge is -2.28. The molecule has 0 amide bonds. The number of aromatic nitrogens is 2. The van der Waals surface area contributed by atoms with E-state index in [-0.39, 0.29) is 24.0 Å². The van der Waals surface area contributed by atoms with Gasteiger partial charge in [-0.05, 0) is 32.9 Å². The fourth-order valence-electron chi connectivity index (χ4n) is 3.22. The van der Waals surface area contributed by atoms with E-state index in [0.717, 1.165) is 5.69 Å². The second-order valence-electron chi connectivity index (χ2n) is 6.95. The Balaban J connectivity index is 0.000000465. The summed E-state index contributed by atoms with van der Waals surface area (Å²) in [5.74, 6) is -0.233. The van der Waals surface area contributed by atoms with E-state index >= 15 is 0 Å². The molecular weight excluding hydrogens is 365 g/mol. The Morgan fingerprint density at radius 2 is 1.96 bits per heavy atom. The second-order valence-corrected chi connectivity index (χ2v) is 7.36. The molecule has 5 nitrogen and oxygen atoms in total. The van der Waals surface area contributed by atoms with Crippen molar-refractivity contribution in [3.63, 3.8) is 0 Å². The van der Waals surface area contributed by atoms with Crippen LogP contribution < -0.4 is 16.0 Å². The van der Waals surface area contributed by atoms with E-state index in [0.29, 0.717) is 22.0 Å². The molecule has 1 unspecified atom stereocenters. The molecule has 0 radical (unpaired) electrons. The third-order valence-corrected chi connectivity index (χ3v) is 4.69. The average molecular weight is 394 g/mol. The maximum atomic E-state index is 14.5. The summed E-state index contributed by atoms with van der Waals surface area (Å²) in [6, 6.07) is 3.52. The normalized spacial score (nSPS) is 15.3. The number of nitrogens with two attached hydrogens (primary N) is 1. The summed E-state index contributed by atoms with van der Waals surface area (Å²) in [4.78, 5) is 10.1. The molecule has 7 heteroatoms. The first-order chi connectivity index (χ1) is 12.8. The van der Waals surface area contributed by atoms with Gasteiger partial charge in [0.25, 0.3) is 0 Å². The van der Waals surface area contributed by atoms with Gasteiger partial charge in [-0.3, -0.25) is 0 Å². The van der Waals surface area contributed by atoms with Crippen molar-refractivity contribution in [2.24, 2.45) is 0 Å². The van der Waals surface area contributed by atoms with Crippen molar-refractivity contribution in [2.75, 3.05) is 16.0 Å². The molecule has 148 valence electrons. The molecule has 2 aromatic rings. The molecule has 1 aliphatic heterocycles. The van der Waals surface area contributed by atoms with Gasteiger partial charge in [-0.2, -0.15) is 0 Å². The van der Waals surface area contributed by atoms with E-state index in [9.17, 15) is 4.39 Å². The summed E-state index contributed by atoms with van der Waals surface area (Å²) in [5, 5.41) is 3.50. The maximum Gasteiger partial charge on any atom is 0.220 e. The van der Waals surface area contributed by atoms with E-state index in [1.54, 1.807) is 0 Å². The van der Waals surface area contributed by atoms with Crippen LogP contribution in [0.15, 0.2) is 18.3 Å². The van der Waals surface area contributed by atoms with Crippen LogP contribution in [0.3, 0.4) is 0 Å². The van der Waals surface area contributed by atoms with Gasteiger partial charge >= 0.3 is 0 Å². The van der Waals surface area contributed by atoms with Crippen molar-refractivity contribution >= 4 is 28.9 Å². The number of nitrogens with zero attached hydrogens (tertiary/aromatic N) is 3. The predicted molar refractivity (Wildman–Crippen MR) is 113 cm³/mol. The fraction of sp³-hybridized carbons (Fsp3) is 0.500. The van der Waals surface area contributed by atoms with Crippen LogP contribution >= 0.6 is 11.6 Å². The molecule has 0 saturated heterocycles. The zero-order chi connectivity index (χ0) is 20.1. The predicted octanol–water partition coefficient (Wildman–Crippen LogP) is 5.70. The van der Waals surface area contributed by atoms with Crippen LogP contribution in [0.2, 0.25) is 5.02 Å². The molecule has 3 N–H and O–H groups in total. The van der Waals surface area contributed by atoms with Crippen LogP contribution in [0.25, 0.3) is 11.3 Å². The monoisotopic (exact) mass is 393 g/mol. The number of nitrogen functional groups attached to an aromatic ring is 1. The Hall–Kier alpha value is -2.08. The third kappa shape index (κ3) is 4.80. The van der Waals surface area contributed by atoms with Gasteiger partial charge in [0, 0.05) is 11.6 Å². The number of benzene rings is 1. The average Bonchev–Trinajstić information content (AvgIpc) is 2.95. The minimum absolute atomic E-state index is 0.0192. The van der Waals surface area contributed by atoms with Gasteiger partial charge in [-0.15, -0.1) is 0 Å². The Labute approximate surface area is 166 Å². The smallest absolute Gasteiger partial charge is 0.220 e. The summed E-state index contributed by atoms with van der Waals surface area (Å²) in [7, 11) is 0. The minimum Gasteiger partial charge on any atom is -0.368 e. The number of hydrogen-bond acceptors (Lipinski definition) is 5. The zero-order valence-electron chi connectivity index (χ0n) is 16.7. The minimum atomic E-state index is -0.337. The van der Waals surface area contributed by atoms with Gasteiger partial charge < -0.3 is 16.0 Å². The molecule has 27 heavy (non-hydrogen) atoms. The number of hydrogen-bond donors (Lipinski definition) is 2. The van der Waals surface area contributed by atoms with Crippen LogP contribution in [0.1, 0.15) is 53.9 Å². The van der Waals surface area contributed by atoms with E-state index in [2.05, 4.69) is 47.9 Å². The molecule has 2 heterocycles. The number of fused-ring (bicyclic) bond motifs is 1. The standard InChI is InChI=1S/C15H17ClFN5.C5H12/c1-7(2)22-8(3)20-14-11(17)4-9(5-12(14)22)13-10(16)6-19-15(18)21-13;1-3-5-4-2/h4-8,20H,1-3H3,(H2,18,19,21);3-5H2,1-2H3. The van der Waals surface area contributed by atoms with Gasteiger partial charge in [0.1, 0.15) is 5.82 Å². The Morgan fingerprint density at radius 1 is 1.30 bits per heavy atom. The molecule has 1 aliphatic rings. The fourth-order valence-corrected chi connectivity index (χ4v) is 3.42. The van der Waals surface area contributed by atoms with Crippen LogP contribution in [0, 0.1) is 5.82 Å². The summed E-state index contributed by atoms with van der Waals surface area (Å²) < 4.78 is 14.5. The lowest BCUT2D eigenvalue weighted by Crippen LogP contribution is -2.38. The van der Waals surface area contributed by atoms with Crippen molar-refractivity contribution in [1.82, 2.24) is 9.97 Å². The van der Waals surface area contributed by atoms with Crippen molar-refractivity contribution < 1.29 is 4.39 Å². The van der Waals surface area contributed by atoms with Crippen molar-refractivity contribution in [3.05, 3.63) is 29.2 Å². The second kappa shape index (κ2) is 9.22. The summed E-state index contributed by atoms with van der Waals surface area (Å²) >= 11 is 6.13. The van der Waals surface area contributed by atoms with Crippen LogP contribution in [-0.2, 0) is 0 Å². The van der Waals surface area contributed by atoms with Gasteiger partial charge in [0.15, 0.2) is 0 Å². The highest BCUT2D eigenvalue weighted by atomic mass is 35.5. The topological polar surface area (TPSA) is 67.1 Å². The molecule has 0 aliphatic carbocycles. The Kier molecular flexibility index (Phi) is 7.25. The first-order valence-electron chi connectivity index (χ1n) is 9.46. The molecular formula is C20H29ClFN5. The van der Waals surface area contributed by atoms with E-state index in [4.69, 9.17) is 17.3 Å². The van der Waals surface area contributed by atoms with Gasteiger partial charge in [0.05, 0.1) is 34.5 Å². The largest absolute Gasteiger partial charge is 0.368 e. The third-order valence-electron chi connectivity index (χ3n) is 4.42.